The quantitative estimate of drug-likeness (QED) is 0.773. The fraction of sp³-hybridized carbons (Fsp3) is 1.00. The molecule has 0 amide bonds. The Balaban J connectivity index is 1.29. The first kappa shape index (κ1) is 12.4. The van der Waals surface area contributed by atoms with Crippen LogP contribution in [0.4, 0.5) is 0 Å². The Morgan fingerprint density at radius 3 is 2.40 bits per heavy atom. The molecule has 0 aromatic carbocycles. The molecule has 112 valence electrons. The molecule has 3 spiro atoms. The SMILES string of the molecule is CC1CCC(OC2CC3(CC3)CC3(CC3)O2)C2(CC2)O1. The minimum absolute atomic E-state index is 0.0493. The summed E-state index contributed by atoms with van der Waals surface area (Å²) in [5.74, 6) is 0. The molecule has 3 unspecified atom stereocenters. The molecule has 0 aromatic rings. The summed E-state index contributed by atoms with van der Waals surface area (Å²) in [6.45, 7) is 2.20. The standard InChI is InChI=1S/C17H26O3/c1-12-2-3-13(17(19-12)8-9-17)18-14-10-15(4-5-15)11-16(20-14)6-7-16/h12-14H,2-11H2,1H3. The van der Waals surface area contributed by atoms with Crippen molar-refractivity contribution < 1.29 is 14.2 Å². The van der Waals surface area contributed by atoms with E-state index in [-0.39, 0.29) is 23.6 Å². The van der Waals surface area contributed by atoms with Gasteiger partial charge in [-0.05, 0) is 70.1 Å². The predicted octanol–water partition coefficient (Wildman–Crippen LogP) is 3.55. The van der Waals surface area contributed by atoms with E-state index in [1.165, 1.54) is 44.9 Å². The first-order chi connectivity index (χ1) is 9.61. The lowest BCUT2D eigenvalue weighted by Crippen LogP contribution is -2.46. The zero-order valence-corrected chi connectivity index (χ0v) is 12.5. The molecule has 5 aliphatic rings. The molecule has 5 fully saturated rings. The fourth-order valence-electron chi connectivity index (χ4n) is 4.66. The van der Waals surface area contributed by atoms with Crippen molar-refractivity contribution in [3.05, 3.63) is 0 Å². The summed E-state index contributed by atoms with van der Waals surface area (Å²) in [5.41, 5.74) is 0.879. The third-order valence-electron chi connectivity index (χ3n) is 6.36. The molecule has 3 nitrogen and oxygen atoms in total. The van der Waals surface area contributed by atoms with Gasteiger partial charge in [0.15, 0.2) is 6.29 Å². The summed E-state index contributed by atoms with van der Waals surface area (Å²) in [6.07, 6.45) is 13.2. The molecule has 3 atom stereocenters. The van der Waals surface area contributed by atoms with Crippen molar-refractivity contribution in [2.45, 2.75) is 101 Å². The number of hydrogen-bond acceptors (Lipinski definition) is 3. The van der Waals surface area contributed by atoms with Gasteiger partial charge in [0.25, 0.3) is 0 Å². The summed E-state index contributed by atoms with van der Waals surface area (Å²) < 4.78 is 19.0. The summed E-state index contributed by atoms with van der Waals surface area (Å²) in [7, 11) is 0. The van der Waals surface area contributed by atoms with Crippen LogP contribution in [-0.4, -0.2) is 29.7 Å². The van der Waals surface area contributed by atoms with Gasteiger partial charge in [-0.15, -0.1) is 0 Å². The van der Waals surface area contributed by atoms with E-state index in [1.54, 1.807) is 0 Å². The van der Waals surface area contributed by atoms with E-state index in [0.29, 0.717) is 11.5 Å². The van der Waals surface area contributed by atoms with Crippen molar-refractivity contribution in [2.24, 2.45) is 5.41 Å². The van der Waals surface area contributed by atoms with Crippen LogP contribution in [0.2, 0.25) is 0 Å². The predicted molar refractivity (Wildman–Crippen MR) is 74.4 cm³/mol. The first-order valence-corrected chi connectivity index (χ1v) is 8.62. The fourth-order valence-corrected chi connectivity index (χ4v) is 4.66. The van der Waals surface area contributed by atoms with Crippen LogP contribution < -0.4 is 0 Å². The molecule has 5 rings (SSSR count). The second-order valence-corrected chi connectivity index (χ2v) is 8.31. The molecule has 20 heavy (non-hydrogen) atoms. The van der Waals surface area contributed by atoms with Gasteiger partial charge < -0.3 is 14.2 Å². The van der Waals surface area contributed by atoms with Gasteiger partial charge in [-0.3, -0.25) is 0 Å². The van der Waals surface area contributed by atoms with Gasteiger partial charge in [0, 0.05) is 6.42 Å². The average molecular weight is 278 g/mol. The van der Waals surface area contributed by atoms with Crippen LogP contribution >= 0.6 is 0 Å². The molecule has 2 heterocycles. The highest BCUT2D eigenvalue weighted by molar-refractivity contribution is 5.10. The summed E-state index contributed by atoms with van der Waals surface area (Å²) >= 11 is 0. The van der Waals surface area contributed by atoms with Crippen molar-refractivity contribution in [3.63, 3.8) is 0 Å². The molecule has 0 bridgehead atoms. The van der Waals surface area contributed by atoms with Crippen LogP contribution in [-0.2, 0) is 14.2 Å². The highest BCUT2D eigenvalue weighted by Gasteiger charge is 2.62. The Morgan fingerprint density at radius 1 is 0.950 bits per heavy atom. The Kier molecular flexibility index (Phi) is 2.36. The molecule has 2 saturated heterocycles. The zero-order chi connectivity index (χ0) is 13.4. The maximum Gasteiger partial charge on any atom is 0.159 e. The Morgan fingerprint density at radius 2 is 1.75 bits per heavy atom. The molecular weight excluding hydrogens is 252 g/mol. The maximum atomic E-state index is 6.46. The Bertz CT molecular complexity index is 400. The van der Waals surface area contributed by atoms with Gasteiger partial charge in [0.1, 0.15) is 0 Å². The molecular formula is C17H26O3. The minimum atomic E-state index is 0.0493. The average Bonchev–Trinajstić information content (AvgIpc) is 3.29. The van der Waals surface area contributed by atoms with Crippen molar-refractivity contribution in [1.82, 2.24) is 0 Å². The third-order valence-corrected chi connectivity index (χ3v) is 6.36. The number of rotatable bonds is 2. The van der Waals surface area contributed by atoms with Crippen LogP contribution in [0.3, 0.4) is 0 Å². The van der Waals surface area contributed by atoms with Gasteiger partial charge in [-0.1, -0.05) is 0 Å². The van der Waals surface area contributed by atoms with Crippen LogP contribution in [0.25, 0.3) is 0 Å². The van der Waals surface area contributed by atoms with Gasteiger partial charge in [-0.25, -0.2) is 0 Å². The molecule has 3 aliphatic carbocycles. The van der Waals surface area contributed by atoms with Crippen LogP contribution in [0.15, 0.2) is 0 Å². The largest absolute Gasteiger partial charge is 0.369 e. The second kappa shape index (κ2) is 3.80. The van der Waals surface area contributed by atoms with Gasteiger partial charge in [-0.2, -0.15) is 0 Å². The normalized spacial score (nSPS) is 45.8. The molecule has 3 heteroatoms. The highest BCUT2D eigenvalue weighted by atomic mass is 16.7. The lowest BCUT2D eigenvalue weighted by Gasteiger charge is -2.41. The second-order valence-electron chi connectivity index (χ2n) is 8.31. The molecule has 0 N–H and O–H groups in total. The molecule has 0 aromatic heterocycles. The van der Waals surface area contributed by atoms with Crippen molar-refractivity contribution in [1.29, 1.82) is 0 Å². The lowest BCUT2D eigenvalue weighted by molar-refractivity contribution is -0.270. The molecule has 3 saturated carbocycles. The smallest absolute Gasteiger partial charge is 0.159 e. The van der Waals surface area contributed by atoms with E-state index in [2.05, 4.69) is 6.92 Å². The summed E-state index contributed by atoms with van der Waals surface area (Å²) in [5, 5.41) is 0. The Hall–Kier alpha value is -0.120. The van der Waals surface area contributed by atoms with Crippen molar-refractivity contribution >= 4 is 0 Å². The van der Waals surface area contributed by atoms with E-state index in [1.807, 2.05) is 0 Å². The maximum absolute atomic E-state index is 6.46. The van der Waals surface area contributed by atoms with Gasteiger partial charge >= 0.3 is 0 Å². The van der Waals surface area contributed by atoms with Gasteiger partial charge in [0.05, 0.1) is 23.4 Å². The van der Waals surface area contributed by atoms with Gasteiger partial charge in [0.2, 0.25) is 0 Å². The van der Waals surface area contributed by atoms with E-state index in [4.69, 9.17) is 14.2 Å². The summed E-state index contributed by atoms with van der Waals surface area (Å²) in [4.78, 5) is 0. The van der Waals surface area contributed by atoms with E-state index in [9.17, 15) is 0 Å². The van der Waals surface area contributed by atoms with Crippen molar-refractivity contribution in [3.8, 4) is 0 Å². The minimum Gasteiger partial charge on any atom is -0.369 e. The van der Waals surface area contributed by atoms with Crippen molar-refractivity contribution in [2.75, 3.05) is 0 Å². The van der Waals surface area contributed by atoms with E-state index in [0.717, 1.165) is 19.3 Å². The Labute approximate surface area is 121 Å². The molecule has 0 radical (unpaired) electrons. The topological polar surface area (TPSA) is 27.7 Å². The van der Waals surface area contributed by atoms with Crippen LogP contribution in [0.5, 0.6) is 0 Å². The zero-order valence-electron chi connectivity index (χ0n) is 12.5. The van der Waals surface area contributed by atoms with E-state index < -0.39 is 0 Å². The van der Waals surface area contributed by atoms with Crippen LogP contribution in [0, 0.1) is 5.41 Å². The first-order valence-electron chi connectivity index (χ1n) is 8.62. The van der Waals surface area contributed by atoms with E-state index >= 15 is 0 Å². The number of hydrogen-bond donors (Lipinski definition) is 0. The molecule has 2 aliphatic heterocycles. The lowest BCUT2D eigenvalue weighted by atomic mass is 9.90. The third kappa shape index (κ3) is 1.97. The highest BCUT2D eigenvalue weighted by Crippen LogP contribution is 2.64. The number of ether oxygens (including phenoxy) is 3. The monoisotopic (exact) mass is 278 g/mol. The summed E-state index contributed by atoms with van der Waals surface area (Å²) in [6, 6.07) is 0. The van der Waals surface area contributed by atoms with Crippen LogP contribution in [0.1, 0.15) is 71.1 Å².